The van der Waals surface area contributed by atoms with Crippen LogP contribution in [0.1, 0.15) is 12.0 Å². The normalized spacial score (nSPS) is 10.4. The summed E-state index contributed by atoms with van der Waals surface area (Å²) in [6, 6.07) is 4.04. The molecule has 0 heterocycles. The summed E-state index contributed by atoms with van der Waals surface area (Å²) in [5, 5.41) is 13.5. The van der Waals surface area contributed by atoms with Crippen molar-refractivity contribution in [1.29, 1.82) is 0 Å². The van der Waals surface area contributed by atoms with Crippen LogP contribution >= 0.6 is 0 Å². The summed E-state index contributed by atoms with van der Waals surface area (Å²) in [6.45, 7) is -1.04. The fourth-order valence-corrected chi connectivity index (χ4v) is 1.43. The molecule has 106 valence electrons. The second kappa shape index (κ2) is 7.52. The molecule has 5 nitrogen and oxygen atoms in total. The van der Waals surface area contributed by atoms with Crippen LogP contribution in [0.15, 0.2) is 18.2 Å². The first-order valence-corrected chi connectivity index (χ1v) is 5.74. The molecule has 1 rings (SSSR count). The maximum Gasteiger partial charge on any atom is 0.387 e. The highest BCUT2D eigenvalue weighted by Gasteiger charge is 2.13. The summed E-state index contributed by atoms with van der Waals surface area (Å²) < 4.78 is 28.8. The van der Waals surface area contributed by atoms with Gasteiger partial charge in [-0.25, -0.2) is 4.79 Å². The second-order valence-corrected chi connectivity index (χ2v) is 3.78. The van der Waals surface area contributed by atoms with Crippen molar-refractivity contribution >= 4 is 11.7 Å². The topological polar surface area (TPSA) is 70.6 Å². The maximum absolute atomic E-state index is 12.2. The summed E-state index contributed by atoms with van der Waals surface area (Å²) in [4.78, 5) is 11.5. The van der Waals surface area contributed by atoms with Gasteiger partial charge in [0.1, 0.15) is 5.75 Å². The number of hydrogen-bond acceptors (Lipinski definition) is 3. The Balaban J connectivity index is 2.72. The van der Waals surface area contributed by atoms with Gasteiger partial charge in [0.25, 0.3) is 0 Å². The molecule has 7 heteroatoms. The van der Waals surface area contributed by atoms with E-state index in [2.05, 4.69) is 15.4 Å². The number of amides is 2. The molecule has 1 aromatic rings. The molecule has 19 heavy (non-hydrogen) atoms. The number of carbonyl (C=O) groups excluding carboxylic acids is 1. The number of halogens is 2. The van der Waals surface area contributed by atoms with Crippen LogP contribution in [0.2, 0.25) is 0 Å². The van der Waals surface area contributed by atoms with Gasteiger partial charge < -0.3 is 20.5 Å². The average Bonchev–Trinajstić information content (AvgIpc) is 2.33. The van der Waals surface area contributed by atoms with Crippen molar-refractivity contribution in [2.75, 3.05) is 18.5 Å². The highest BCUT2D eigenvalue weighted by atomic mass is 19.3. The molecular formula is C12H16F2N2O3. The Morgan fingerprint density at radius 3 is 2.84 bits per heavy atom. The standard InChI is InChI=1S/C12H16F2N2O3/c1-8-4-2-5-9(19-11(13)14)10(8)16-12(18)15-6-3-7-17/h2,4-5,11,17H,3,6-7H2,1H3,(H2,15,16,18). The van der Waals surface area contributed by atoms with Gasteiger partial charge in [0.05, 0.1) is 5.69 Å². The third-order valence-electron chi connectivity index (χ3n) is 2.31. The molecule has 0 aliphatic rings. The lowest BCUT2D eigenvalue weighted by atomic mass is 10.2. The Kier molecular flexibility index (Phi) is 6.01. The second-order valence-electron chi connectivity index (χ2n) is 3.78. The minimum Gasteiger partial charge on any atom is -0.433 e. The Labute approximate surface area is 109 Å². The number of urea groups is 1. The van der Waals surface area contributed by atoms with Crippen LogP contribution in [0.25, 0.3) is 0 Å². The number of hydrogen-bond donors (Lipinski definition) is 3. The van der Waals surface area contributed by atoms with Crippen molar-refractivity contribution in [2.24, 2.45) is 0 Å². The van der Waals surface area contributed by atoms with Crippen molar-refractivity contribution in [2.45, 2.75) is 20.0 Å². The lowest BCUT2D eigenvalue weighted by Gasteiger charge is -2.14. The Bertz CT molecular complexity index is 427. The van der Waals surface area contributed by atoms with Gasteiger partial charge in [-0.1, -0.05) is 12.1 Å². The highest BCUT2D eigenvalue weighted by Crippen LogP contribution is 2.29. The average molecular weight is 274 g/mol. The number of aliphatic hydroxyl groups is 1. The summed E-state index contributed by atoms with van der Waals surface area (Å²) >= 11 is 0. The third kappa shape index (κ3) is 5.09. The molecule has 0 unspecified atom stereocenters. The number of rotatable bonds is 6. The molecule has 0 atom stereocenters. The number of benzene rings is 1. The molecule has 0 radical (unpaired) electrons. The van der Waals surface area contributed by atoms with E-state index in [0.29, 0.717) is 18.5 Å². The first-order chi connectivity index (χ1) is 9.04. The molecule has 0 saturated carbocycles. The van der Waals surface area contributed by atoms with Crippen molar-refractivity contribution in [3.8, 4) is 5.75 Å². The van der Waals surface area contributed by atoms with Crippen LogP contribution < -0.4 is 15.4 Å². The smallest absolute Gasteiger partial charge is 0.387 e. The van der Waals surface area contributed by atoms with Crippen LogP contribution in [-0.4, -0.2) is 30.9 Å². The molecule has 0 bridgehead atoms. The summed E-state index contributed by atoms with van der Waals surface area (Å²) in [5.74, 6) is -0.0905. The van der Waals surface area contributed by atoms with Gasteiger partial charge in [0, 0.05) is 13.2 Å². The number of aryl methyl sites for hydroxylation is 1. The zero-order chi connectivity index (χ0) is 14.3. The number of nitrogens with one attached hydrogen (secondary N) is 2. The minimum atomic E-state index is -2.96. The van der Waals surface area contributed by atoms with Crippen molar-refractivity contribution in [3.63, 3.8) is 0 Å². The summed E-state index contributed by atoms with van der Waals surface area (Å²) in [6.07, 6.45) is 0.418. The lowest BCUT2D eigenvalue weighted by molar-refractivity contribution is -0.0493. The monoisotopic (exact) mass is 274 g/mol. The molecule has 0 aliphatic heterocycles. The molecule has 0 saturated heterocycles. The van der Waals surface area contributed by atoms with Gasteiger partial charge in [-0.2, -0.15) is 8.78 Å². The number of anilines is 1. The number of ether oxygens (including phenoxy) is 1. The van der Waals surface area contributed by atoms with E-state index in [-0.39, 0.29) is 18.0 Å². The van der Waals surface area contributed by atoms with Gasteiger partial charge in [-0.05, 0) is 25.0 Å². The fraction of sp³-hybridized carbons (Fsp3) is 0.417. The van der Waals surface area contributed by atoms with E-state index in [1.54, 1.807) is 19.1 Å². The molecule has 1 aromatic carbocycles. The van der Waals surface area contributed by atoms with E-state index in [4.69, 9.17) is 5.11 Å². The fourth-order valence-electron chi connectivity index (χ4n) is 1.43. The SMILES string of the molecule is Cc1cccc(OC(F)F)c1NC(=O)NCCCO. The van der Waals surface area contributed by atoms with E-state index < -0.39 is 12.6 Å². The molecule has 0 aromatic heterocycles. The first-order valence-electron chi connectivity index (χ1n) is 5.74. The van der Waals surface area contributed by atoms with E-state index in [1.807, 2.05) is 0 Å². The Morgan fingerprint density at radius 1 is 1.47 bits per heavy atom. The van der Waals surface area contributed by atoms with Gasteiger partial charge in [0.15, 0.2) is 0 Å². The van der Waals surface area contributed by atoms with Gasteiger partial charge in [-0.3, -0.25) is 0 Å². The van der Waals surface area contributed by atoms with Crippen LogP contribution in [0.5, 0.6) is 5.75 Å². The first kappa shape index (κ1) is 15.2. The minimum absolute atomic E-state index is 0.0373. The molecular weight excluding hydrogens is 258 g/mol. The predicted molar refractivity (Wildman–Crippen MR) is 66.5 cm³/mol. The van der Waals surface area contributed by atoms with Crippen LogP contribution in [0, 0.1) is 6.92 Å². The largest absolute Gasteiger partial charge is 0.433 e. The number of carbonyl (C=O) groups is 1. The van der Waals surface area contributed by atoms with Gasteiger partial charge in [0.2, 0.25) is 0 Å². The van der Waals surface area contributed by atoms with Gasteiger partial charge in [-0.15, -0.1) is 0 Å². The number of aliphatic hydroxyl groups excluding tert-OH is 1. The van der Waals surface area contributed by atoms with E-state index in [0.717, 1.165) is 0 Å². The van der Waals surface area contributed by atoms with Crippen molar-refractivity contribution < 1.29 is 23.4 Å². The number of para-hydroxylation sites is 1. The van der Waals surface area contributed by atoms with E-state index in [9.17, 15) is 13.6 Å². The summed E-state index contributed by atoms with van der Waals surface area (Å²) in [5.41, 5.74) is 0.805. The van der Waals surface area contributed by atoms with Crippen molar-refractivity contribution in [3.05, 3.63) is 23.8 Å². The Hall–Kier alpha value is -1.89. The molecule has 0 aliphatic carbocycles. The molecule has 3 N–H and O–H groups in total. The number of alkyl halides is 2. The van der Waals surface area contributed by atoms with Crippen molar-refractivity contribution in [1.82, 2.24) is 5.32 Å². The zero-order valence-electron chi connectivity index (χ0n) is 10.5. The van der Waals surface area contributed by atoms with Crippen LogP contribution in [0.3, 0.4) is 0 Å². The quantitative estimate of drug-likeness (QED) is 0.696. The zero-order valence-corrected chi connectivity index (χ0v) is 10.5. The molecule has 0 spiro atoms. The van der Waals surface area contributed by atoms with E-state index in [1.165, 1.54) is 6.07 Å². The van der Waals surface area contributed by atoms with E-state index >= 15 is 0 Å². The molecule has 2 amide bonds. The molecule has 0 fully saturated rings. The summed E-state index contributed by atoms with van der Waals surface area (Å²) in [7, 11) is 0. The third-order valence-corrected chi connectivity index (χ3v) is 2.31. The Morgan fingerprint density at radius 2 is 2.21 bits per heavy atom. The van der Waals surface area contributed by atoms with Crippen LogP contribution in [-0.2, 0) is 0 Å². The predicted octanol–water partition coefficient (Wildman–Crippen LogP) is 2.10. The lowest BCUT2D eigenvalue weighted by Crippen LogP contribution is -2.30. The van der Waals surface area contributed by atoms with Crippen LogP contribution in [0.4, 0.5) is 19.3 Å². The maximum atomic E-state index is 12.2. The highest BCUT2D eigenvalue weighted by molar-refractivity contribution is 5.91. The van der Waals surface area contributed by atoms with Gasteiger partial charge >= 0.3 is 12.6 Å².